The summed E-state index contributed by atoms with van der Waals surface area (Å²) in [5.74, 6) is 0.731. The normalized spacial score (nSPS) is 12.2. The first-order valence-corrected chi connectivity index (χ1v) is 13.4. The zero-order valence-corrected chi connectivity index (χ0v) is 23.6. The number of ether oxygens (including phenoxy) is 1. The fourth-order valence-electron chi connectivity index (χ4n) is 4.34. The molecule has 0 spiro atoms. The van der Waals surface area contributed by atoms with Crippen molar-refractivity contribution < 1.29 is 4.74 Å². The molecule has 0 saturated carbocycles. The maximum absolute atomic E-state index is 5.86. The third kappa shape index (κ3) is 7.28. The van der Waals surface area contributed by atoms with E-state index >= 15 is 0 Å². The second kappa shape index (κ2) is 14.0. The molecule has 0 N–H and O–H groups in total. The van der Waals surface area contributed by atoms with Crippen LogP contribution in [0.1, 0.15) is 42.9 Å². The molecule has 36 heavy (non-hydrogen) atoms. The molecule has 4 aromatic rings. The van der Waals surface area contributed by atoms with Crippen molar-refractivity contribution in [2.24, 2.45) is 0 Å². The second-order valence-electron chi connectivity index (χ2n) is 8.79. The summed E-state index contributed by atoms with van der Waals surface area (Å²) in [6.07, 6.45) is 4.25. The zero-order chi connectivity index (χ0) is 25.9. The highest BCUT2D eigenvalue weighted by atomic mass is 79.9. The Bertz CT molecular complexity index is 1250. The van der Waals surface area contributed by atoms with Crippen LogP contribution in [0.4, 0.5) is 0 Å². The molecular weight excluding hydrogens is 508 g/mol. The van der Waals surface area contributed by atoms with E-state index in [9.17, 15) is 0 Å². The summed E-state index contributed by atoms with van der Waals surface area (Å²) in [6, 6.07) is 29.8. The Kier molecular flexibility index (Phi) is 10.7. The maximum Gasteiger partial charge on any atom is 0.217 e. The summed E-state index contributed by atoms with van der Waals surface area (Å²) in [6.45, 7) is 4.97. The minimum Gasteiger partial charge on any atom is -0.481 e. The van der Waals surface area contributed by atoms with Gasteiger partial charge in [-0.3, -0.25) is 0 Å². The fourth-order valence-corrected chi connectivity index (χ4v) is 4.71. The van der Waals surface area contributed by atoms with Gasteiger partial charge in [-0.25, -0.2) is 4.98 Å². The van der Waals surface area contributed by atoms with Gasteiger partial charge in [-0.2, -0.15) is 0 Å². The lowest BCUT2D eigenvalue weighted by molar-refractivity contribution is 0.391. The highest BCUT2D eigenvalue weighted by Gasteiger charge is 2.24. The van der Waals surface area contributed by atoms with E-state index in [-0.39, 0.29) is 5.92 Å². The van der Waals surface area contributed by atoms with Crippen LogP contribution in [0.2, 0.25) is 0 Å². The van der Waals surface area contributed by atoms with Gasteiger partial charge in [0.05, 0.1) is 12.6 Å². The van der Waals surface area contributed by atoms with Crippen LogP contribution in [0.15, 0.2) is 101 Å². The molecule has 4 rings (SSSR count). The molecule has 0 aliphatic rings. The van der Waals surface area contributed by atoms with Crippen molar-refractivity contribution in [2.45, 2.75) is 32.6 Å². The van der Waals surface area contributed by atoms with Crippen LogP contribution >= 0.6 is 15.9 Å². The molecule has 0 amide bonds. The van der Waals surface area contributed by atoms with Gasteiger partial charge >= 0.3 is 0 Å². The molecule has 1 unspecified atom stereocenters. The fraction of sp³-hybridized carbons (Fsp3) is 0.281. The van der Waals surface area contributed by atoms with Crippen LogP contribution in [0.25, 0.3) is 10.9 Å². The molecule has 4 heteroatoms. The lowest BCUT2D eigenvalue weighted by Gasteiger charge is -2.25. The van der Waals surface area contributed by atoms with Crippen LogP contribution in [-0.4, -0.2) is 37.6 Å². The van der Waals surface area contributed by atoms with Crippen LogP contribution in [0, 0.1) is 0 Å². The molecule has 3 aromatic carbocycles. The highest BCUT2D eigenvalue weighted by Crippen LogP contribution is 2.40. The smallest absolute Gasteiger partial charge is 0.217 e. The number of rotatable bonds is 9. The minimum atomic E-state index is 0.0516. The third-order valence-corrected chi connectivity index (χ3v) is 6.56. The van der Waals surface area contributed by atoms with Crippen LogP contribution in [0.3, 0.4) is 0 Å². The molecule has 1 atom stereocenters. The number of fused-ring (bicyclic) bond motifs is 1. The standard InChI is InChI=1S/C30H31BrN2O.C2H6/c1-33(2)19-18-24(15-14-22-10-6-4-7-11-22)29(23-12-8-5-9-13-23)27-21-25-20-26(31)16-17-28(25)32-30(27)34-3;1-2/h4-13,15-17,20-21,29H,14,18-19H2,1-3H3;1-2H3/b24-15+;. The Morgan fingerprint density at radius 3 is 2.25 bits per heavy atom. The number of methoxy groups -OCH3 is 1. The van der Waals surface area contributed by atoms with Crippen molar-refractivity contribution in [3.8, 4) is 5.88 Å². The van der Waals surface area contributed by atoms with Crippen LogP contribution < -0.4 is 4.74 Å². The summed E-state index contributed by atoms with van der Waals surface area (Å²) >= 11 is 3.62. The molecule has 1 aromatic heterocycles. The van der Waals surface area contributed by atoms with Gasteiger partial charge in [0.1, 0.15) is 0 Å². The van der Waals surface area contributed by atoms with E-state index < -0.39 is 0 Å². The molecule has 0 radical (unpaired) electrons. The molecule has 0 saturated heterocycles. The summed E-state index contributed by atoms with van der Waals surface area (Å²) in [4.78, 5) is 7.14. The minimum absolute atomic E-state index is 0.0516. The van der Waals surface area contributed by atoms with Crippen molar-refractivity contribution in [1.82, 2.24) is 9.88 Å². The Labute approximate surface area is 225 Å². The average molecular weight is 546 g/mol. The number of allylic oxidation sites excluding steroid dienone is 1. The van der Waals surface area contributed by atoms with E-state index in [1.54, 1.807) is 7.11 Å². The molecule has 0 bridgehead atoms. The molecular formula is C32H37BrN2O. The van der Waals surface area contributed by atoms with E-state index in [4.69, 9.17) is 9.72 Å². The molecule has 0 aliphatic carbocycles. The topological polar surface area (TPSA) is 25.4 Å². The van der Waals surface area contributed by atoms with Crippen molar-refractivity contribution in [3.05, 3.63) is 118 Å². The third-order valence-electron chi connectivity index (χ3n) is 6.07. The Morgan fingerprint density at radius 2 is 1.61 bits per heavy atom. The van der Waals surface area contributed by atoms with E-state index in [0.717, 1.165) is 40.3 Å². The molecule has 1 heterocycles. The van der Waals surface area contributed by atoms with Crippen molar-refractivity contribution in [2.75, 3.05) is 27.7 Å². The van der Waals surface area contributed by atoms with Crippen molar-refractivity contribution in [3.63, 3.8) is 0 Å². The van der Waals surface area contributed by atoms with Crippen molar-refractivity contribution >= 4 is 26.8 Å². The van der Waals surface area contributed by atoms with E-state index in [0.29, 0.717) is 5.88 Å². The largest absolute Gasteiger partial charge is 0.481 e. The molecule has 3 nitrogen and oxygen atoms in total. The summed E-state index contributed by atoms with van der Waals surface area (Å²) < 4.78 is 6.91. The Hall–Kier alpha value is -2.95. The number of pyridine rings is 1. The lowest BCUT2D eigenvalue weighted by atomic mass is 9.82. The van der Waals surface area contributed by atoms with E-state index in [2.05, 4.69) is 114 Å². The van der Waals surface area contributed by atoms with Crippen molar-refractivity contribution in [1.29, 1.82) is 0 Å². The quantitative estimate of drug-likeness (QED) is 0.198. The highest BCUT2D eigenvalue weighted by molar-refractivity contribution is 9.10. The first-order chi connectivity index (χ1) is 17.5. The first kappa shape index (κ1) is 27.6. The predicted octanol–water partition coefficient (Wildman–Crippen LogP) is 8.28. The lowest BCUT2D eigenvalue weighted by Crippen LogP contribution is -2.17. The SMILES string of the molecule is CC.COc1nc2ccc(Br)cc2cc1C(/C(=C/Cc1ccccc1)CCN(C)C)c1ccccc1. The number of aromatic nitrogens is 1. The van der Waals surface area contributed by atoms with Gasteiger partial charge in [0, 0.05) is 27.9 Å². The van der Waals surface area contributed by atoms with Crippen LogP contribution in [0.5, 0.6) is 5.88 Å². The van der Waals surface area contributed by atoms with E-state index in [1.807, 2.05) is 26.0 Å². The average Bonchev–Trinajstić information content (AvgIpc) is 2.91. The number of halogens is 1. The summed E-state index contributed by atoms with van der Waals surface area (Å²) in [5, 5.41) is 1.10. The van der Waals surface area contributed by atoms with Gasteiger partial charge in [-0.15, -0.1) is 0 Å². The van der Waals surface area contributed by atoms with Gasteiger partial charge in [-0.05, 0) is 62.3 Å². The van der Waals surface area contributed by atoms with Gasteiger partial charge < -0.3 is 9.64 Å². The van der Waals surface area contributed by atoms with Crippen LogP contribution in [-0.2, 0) is 6.42 Å². The maximum atomic E-state index is 5.86. The zero-order valence-electron chi connectivity index (χ0n) is 22.0. The number of benzene rings is 3. The monoisotopic (exact) mass is 544 g/mol. The molecule has 0 aliphatic heterocycles. The second-order valence-corrected chi connectivity index (χ2v) is 9.71. The molecule has 188 valence electrons. The summed E-state index contributed by atoms with van der Waals surface area (Å²) in [7, 11) is 5.97. The molecule has 0 fully saturated rings. The Balaban J connectivity index is 0.00000176. The van der Waals surface area contributed by atoms with Gasteiger partial charge in [0.2, 0.25) is 5.88 Å². The van der Waals surface area contributed by atoms with E-state index in [1.165, 1.54) is 16.7 Å². The first-order valence-electron chi connectivity index (χ1n) is 12.6. The van der Waals surface area contributed by atoms with Gasteiger partial charge in [0.25, 0.3) is 0 Å². The van der Waals surface area contributed by atoms with Gasteiger partial charge in [-0.1, -0.05) is 102 Å². The number of hydrogen-bond acceptors (Lipinski definition) is 3. The predicted molar refractivity (Wildman–Crippen MR) is 157 cm³/mol. The number of hydrogen-bond donors (Lipinski definition) is 0. The summed E-state index contributed by atoms with van der Waals surface area (Å²) in [5.41, 5.74) is 5.95. The van der Waals surface area contributed by atoms with Gasteiger partial charge in [0.15, 0.2) is 0 Å². The Morgan fingerprint density at radius 1 is 0.944 bits per heavy atom. The number of nitrogens with zero attached hydrogens (tertiary/aromatic N) is 2.